The van der Waals surface area contributed by atoms with Crippen LogP contribution in [0.1, 0.15) is 25.3 Å². The van der Waals surface area contributed by atoms with Gasteiger partial charge in [-0.3, -0.25) is 9.59 Å². The van der Waals surface area contributed by atoms with Crippen LogP contribution in [-0.2, 0) is 16.0 Å². The number of amides is 1. The number of carboxylic acids is 1. The van der Waals surface area contributed by atoms with Crippen molar-refractivity contribution < 1.29 is 24.2 Å². The third-order valence-electron chi connectivity index (χ3n) is 3.54. The Bertz CT molecular complexity index is 710. The fourth-order valence-corrected chi connectivity index (χ4v) is 2.31. The third kappa shape index (κ3) is 6.84. The molecule has 2 aromatic carbocycles. The minimum absolute atomic E-state index is 0.0830. The summed E-state index contributed by atoms with van der Waals surface area (Å²) in [6, 6.07) is 14.4. The summed E-state index contributed by atoms with van der Waals surface area (Å²) < 4.78 is 10.8. The number of anilines is 1. The molecule has 138 valence electrons. The number of benzene rings is 2. The van der Waals surface area contributed by atoms with Gasteiger partial charge in [0.15, 0.2) is 0 Å². The maximum Gasteiger partial charge on any atom is 0.303 e. The van der Waals surface area contributed by atoms with Crippen molar-refractivity contribution in [3.8, 4) is 11.5 Å². The molecule has 0 aliphatic rings. The van der Waals surface area contributed by atoms with Crippen molar-refractivity contribution in [1.82, 2.24) is 0 Å². The zero-order valence-electron chi connectivity index (χ0n) is 14.7. The Morgan fingerprint density at radius 2 is 1.58 bits per heavy atom. The van der Waals surface area contributed by atoms with Crippen LogP contribution >= 0.6 is 0 Å². The summed E-state index contributed by atoms with van der Waals surface area (Å²) in [7, 11) is 0. The second kappa shape index (κ2) is 10.1. The number of rotatable bonds is 10. The highest BCUT2D eigenvalue weighted by molar-refractivity contribution is 5.92. The number of carbonyl (C=O) groups is 2. The van der Waals surface area contributed by atoms with Gasteiger partial charge in [0.25, 0.3) is 0 Å². The minimum atomic E-state index is -0.834. The predicted molar refractivity (Wildman–Crippen MR) is 98.8 cm³/mol. The Morgan fingerprint density at radius 3 is 2.19 bits per heavy atom. The van der Waals surface area contributed by atoms with Crippen LogP contribution < -0.4 is 14.8 Å². The molecule has 0 aliphatic heterocycles. The monoisotopic (exact) mass is 357 g/mol. The van der Waals surface area contributed by atoms with E-state index < -0.39 is 5.97 Å². The highest BCUT2D eigenvalue weighted by Gasteiger charge is 2.05. The lowest BCUT2D eigenvalue weighted by Gasteiger charge is -2.09. The van der Waals surface area contributed by atoms with Crippen molar-refractivity contribution in [2.24, 2.45) is 0 Å². The van der Waals surface area contributed by atoms with Crippen LogP contribution in [0.15, 0.2) is 48.5 Å². The number of carboxylic acid groups (broad SMARTS) is 1. The van der Waals surface area contributed by atoms with E-state index in [2.05, 4.69) is 5.32 Å². The number of ether oxygens (including phenoxy) is 2. The van der Waals surface area contributed by atoms with Gasteiger partial charge in [-0.05, 0) is 55.3 Å². The van der Waals surface area contributed by atoms with Crippen LogP contribution in [0.3, 0.4) is 0 Å². The molecular formula is C20H23NO5. The summed E-state index contributed by atoms with van der Waals surface area (Å²) in [5, 5.41) is 11.4. The SMILES string of the molecule is CCOc1ccc(CC(=O)Nc2ccc(OCCCC(=O)O)cc2)cc1. The Kier molecular flexibility index (Phi) is 7.49. The molecule has 1 amide bonds. The molecule has 0 radical (unpaired) electrons. The van der Waals surface area contributed by atoms with Crippen LogP contribution in [-0.4, -0.2) is 30.2 Å². The maximum atomic E-state index is 12.1. The first-order chi connectivity index (χ1) is 12.6. The first-order valence-electron chi connectivity index (χ1n) is 8.53. The largest absolute Gasteiger partial charge is 0.494 e. The van der Waals surface area contributed by atoms with E-state index in [-0.39, 0.29) is 18.7 Å². The van der Waals surface area contributed by atoms with Gasteiger partial charge in [-0.2, -0.15) is 0 Å². The van der Waals surface area contributed by atoms with Crippen molar-refractivity contribution in [3.05, 3.63) is 54.1 Å². The van der Waals surface area contributed by atoms with Gasteiger partial charge in [-0.15, -0.1) is 0 Å². The van der Waals surface area contributed by atoms with Gasteiger partial charge in [0.1, 0.15) is 11.5 Å². The van der Waals surface area contributed by atoms with Gasteiger partial charge < -0.3 is 19.9 Å². The molecule has 0 aliphatic carbocycles. The third-order valence-corrected chi connectivity index (χ3v) is 3.54. The van der Waals surface area contributed by atoms with Crippen LogP contribution in [0.25, 0.3) is 0 Å². The molecule has 0 saturated carbocycles. The van der Waals surface area contributed by atoms with Crippen LogP contribution in [0.5, 0.6) is 11.5 Å². The first-order valence-corrected chi connectivity index (χ1v) is 8.53. The molecule has 2 aromatic rings. The normalized spacial score (nSPS) is 10.2. The zero-order valence-corrected chi connectivity index (χ0v) is 14.7. The molecule has 0 fully saturated rings. The molecule has 2 rings (SSSR count). The molecule has 26 heavy (non-hydrogen) atoms. The number of nitrogens with one attached hydrogen (secondary N) is 1. The summed E-state index contributed by atoms with van der Waals surface area (Å²) in [4.78, 5) is 22.6. The highest BCUT2D eigenvalue weighted by atomic mass is 16.5. The standard InChI is InChI=1S/C20H23NO5/c1-2-25-17-9-5-15(6-10-17)14-19(22)21-16-7-11-18(12-8-16)26-13-3-4-20(23)24/h5-12H,2-4,13-14H2,1H3,(H,21,22)(H,23,24). The number of hydrogen-bond acceptors (Lipinski definition) is 4. The van der Waals surface area contributed by atoms with Crippen molar-refractivity contribution in [2.75, 3.05) is 18.5 Å². The first kappa shape index (κ1) is 19.3. The smallest absolute Gasteiger partial charge is 0.303 e. The Labute approximate surface area is 152 Å². The van der Waals surface area contributed by atoms with Gasteiger partial charge in [0.05, 0.1) is 19.6 Å². The number of hydrogen-bond donors (Lipinski definition) is 2. The lowest BCUT2D eigenvalue weighted by atomic mass is 10.1. The fraction of sp³-hybridized carbons (Fsp3) is 0.300. The van der Waals surface area contributed by atoms with Crippen molar-refractivity contribution in [2.45, 2.75) is 26.2 Å². The van der Waals surface area contributed by atoms with Crippen LogP contribution in [0.4, 0.5) is 5.69 Å². The zero-order chi connectivity index (χ0) is 18.8. The second-order valence-corrected chi connectivity index (χ2v) is 5.67. The topological polar surface area (TPSA) is 84.9 Å². The van der Waals surface area contributed by atoms with Crippen LogP contribution in [0, 0.1) is 0 Å². The lowest BCUT2D eigenvalue weighted by molar-refractivity contribution is -0.137. The summed E-state index contributed by atoms with van der Waals surface area (Å²) in [6.07, 6.45) is 0.815. The molecule has 6 heteroatoms. The van der Waals surface area contributed by atoms with E-state index >= 15 is 0 Å². The van der Waals surface area contributed by atoms with Crippen LogP contribution in [0.2, 0.25) is 0 Å². The minimum Gasteiger partial charge on any atom is -0.494 e. The van der Waals surface area contributed by atoms with Crippen molar-refractivity contribution >= 4 is 17.6 Å². The summed E-state index contributed by atoms with van der Waals surface area (Å²) >= 11 is 0. The molecule has 0 unspecified atom stereocenters. The average Bonchev–Trinajstić information content (AvgIpc) is 2.62. The average molecular weight is 357 g/mol. The molecule has 0 bridgehead atoms. The van der Waals surface area contributed by atoms with E-state index in [4.69, 9.17) is 14.6 Å². The lowest BCUT2D eigenvalue weighted by Crippen LogP contribution is -2.14. The Balaban J connectivity index is 1.78. The van der Waals surface area contributed by atoms with E-state index in [1.165, 1.54) is 0 Å². The molecule has 0 saturated heterocycles. The van der Waals surface area contributed by atoms with E-state index in [9.17, 15) is 9.59 Å². The highest BCUT2D eigenvalue weighted by Crippen LogP contribution is 2.17. The maximum absolute atomic E-state index is 12.1. The van der Waals surface area contributed by atoms with E-state index in [0.29, 0.717) is 31.1 Å². The fourth-order valence-electron chi connectivity index (χ4n) is 2.31. The van der Waals surface area contributed by atoms with Crippen molar-refractivity contribution in [1.29, 1.82) is 0 Å². The quantitative estimate of drug-likeness (QED) is 0.636. The number of aliphatic carboxylic acids is 1. The number of carbonyl (C=O) groups excluding carboxylic acids is 1. The molecule has 2 N–H and O–H groups in total. The predicted octanol–water partition coefficient (Wildman–Crippen LogP) is 3.51. The summed E-state index contributed by atoms with van der Waals surface area (Å²) in [5.74, 6) is 0.485. The molecule has 0 atom stereocenters. The van der Waals surface area contributed by atoms with Crippen molar-refractivity contribution in [3.63, 3.8) is 0 Å². The van der Waals surface area contributed by atoms with Gasteiger partial charge in [0, 0.05) is 12.1 Å². The molecule has 0 spiro atoms. The van der Waals surface area contributed by atoms with Gasteiger partial charge in [-0.25, -0.2) is 0 Å². The van der Waals surface area contributed by atoms with E-state index in [1.54, 1.807) is 24.3 Å². The second-order valence-electron chi connectivity index (χ2n) is 5.67. The van der Waals surface area contributed by atoms with Gasteiger partial charge >= 0.3 is 5.97 Å². The molecule has 0 heterocycles. The molecule has 6 nitrogen and oxygen atoms in total. The van der Waals surface area contributed by atoms with E-state index in [1.807, 2.05) is 31.2 Å². The van der Waals surface area contributed by atoms with E-state index in [0.717, 1.165) is 11.3 Å². The summed E-state index contributed by atoms with van der Waals surface area (Å²) in [6.45, 7) is 2.88. The van der Waals surface area contributed by atoms with Gasteiger partial charge in [0.2, 0.25) is 5.91 Å². The Morgan fingerprint density at radius 1 is 0.962 bits per heavy atom. The summed E-state index contributed by atoms with van der Waals surface area (Å²) in [5.41, 5.74) is 1.59. The Hall–Kier alpha value is -3.02. The molecule has 0 aromatic heterocycles. The molecular weight excluding hydrogens is 334 g/mol. The van der Waals surface area contributed by atoms with Gasteiger partial charge in [-0.1, -0.05) is 12.1 Å².